The molecule has 8 N–H and O–H groups in total. The third-order valence-electron chi connectivity index (χ3n) is 9.31. The Morgan fingerprint density at radius 2 is 1.53 bits per heavy atom. The molecular formula is C38H53N7O8. The zero-order chi connectivity index (χ0) is 39.2. The van der Waals surface area contributed by atoms with Crippen molar-refractivity contribution >= 4 is 52.9 Å². The first-order chi connectivity index (χ1) is 25.1. The number of carboxylic acid groups (broad SMARTS) is 1. The van der Waals surface area contributed by atoms with Gasteiger partial charge in [0.2, 0.25) is 29.5 Å². The van der Waals surface area contributed by atoms with Crippen LogP contribution in [0, 0.1) is 18.8 Å². The standard InChI is InChI=1S/C38H53N7O8/c1-6-23(4)33(37(52)45-19-9-12-30(45)34(39)49)44-36(51)29(21-32(47)48)42-35(50)28(18-13-22(2)3)41-31(46)20-25-14-16-26(17-15-25)40-38(53)43-27-11-8-7-10-24(27)5/h7-8,10-11,14-17,22-23,28-30,33H,6,9,12-13,18-21H2,1-5H3,(H2,39,49)(H,41,46)(H,42,50)(H,44,51)(H,47,48)(H2,40,43,53)/t23?,28-,29-,30-,33-/m0/s1. The van der Waals surface area contributed by atoms with Crippen molar-refractivity contribution in [3.8, 4) is 0 Å². The van der Waals surface area contributed by atoms with E-state index in [1.807, 2.05) is 45.9 Å². The van der Waals surface area contributed by atoms with Gasteiger partial charge in [0, 0.05) is 17.9 Å². The SMILES string of the molecule is CCC(C)[C@H](NC(=O)[C@H](CC(=O)O)NC(=O)[C@H](CCC(C)C)NC(=O)Cc1ccc(NC(=O)Nc2ccccc2C)cc1)C(=O)N1CCC[C@H]1C(N)=O. The molecule has 1 fully saturated rings. The van der Waals surface area contributed by atoms with Crippen molar-refractivity contribution < 1.29 is 38.7 Å². The summed E-state index contributed by atoms with van der Waals surface area (Å²) in [4.78, 5) is 91.5. The smallest absolute Gasteiger partial charge is 0.323 e. The number of nitrogens with two attached hydrogens (primary N) is 1. The summed E-state index contributed by atoms with van der Waals surface area (Å²) in [6, 6.07) is 9.00. The Morgan fingerprint density at radius 3 is 2.13 bits per heavy atom. The van der Waals surface area contributed by atoms with Crippen molar-refractivity contribution in [2.45, 2.75) is 104 Å². The van der Waals surface area contributed by atoms with Gasteiger partial charge >= 0.3 is 12.0 Å². The van der Waals surface area contributed by atoms with E-state index in [0.717, 1.165) is 5.56 Å². The number of nitrogens with zero attached hydrogens (tertiary/aromatic N) is 1. The van der Waals surface area contributed by atoms with Crippen LogP contribution in [0.4, 0.5) is 16.2 Å². The summed E-state index contributed by atoms with van der Waals surface area (Å²) in [5, 5.41) is 23.0. The number of carbonyl (C=O) groups is 7. The summed E-state index contributed by atoms with van der Waals surface area (Å²) in [6.45, 7) is 9.63. The summed E-state index contributed by atoms with van der Waals surface area (Å²) in [7, 11) is 0. The van der Waals surface area contributed by atoms with Crippen LogP contribution in [0.1, 0.15) is 77.3 Å². The highest BCUT2D eigenvalue weighted by Crippen LogP contribution is 2.21. The van der Waals surface area contributed by atoms with E-state index in [1.165, 1.54) is 4.90 Å². The molecule has 7 amide bonds. The van der Waals surface area contributed by atoms with Crippen molar-refractivity contribution in [2.75, 3.05) is 17.2 Å². The van der Waals surface area contributed by atoms with Crippen molar-refractivity contribution in [1.82, 2.24) is 20.9 Å². The number of aryl methyl sites for hydroxylation is 1. The first-order valence-corrected chi connectivity index (χ1v) is 18.0. The Hall–Kier alpha value is -5.47. The lowest BCUT2D eigenvalue weighted by molar-refractivity contribution is -0.144. The van der Waals surface area contributed by atoms with Crippen molar-refractivity contribution in [3.05, 3.63) is 59.7 Å². The lowest BCUT2D eigenvalue weighted by atomic mass is 9.96. The summed E-state index contributed by atoms with van der Waals surface area (Å²) < 4.78 is 0. The summed E-state index contributed by atoms with van der Waals surface area (Å²) in [6.07, 6.45) is 1.33. The van der Waals surface area contributed by atoms with E-state index in [-0.39, 0.29) is 31.2 Å². The lowest BCUT2D eigenvalue weighted by Gasteiger charge is -2.32. The molecule has 3 rings (SSSR count). The molecule has 0 aromatic heterocycles. The van der Waals surface area contributed by atoms with Gasteiger partial charge in [-0.25, -0.2) is 4.79 Å². The van der Waals surface area contributed by atoms with E-state index in [4.69, 9.17) is 5.73 Å². The van der Waals surface area contributed by atoms with E-state index in [1.54, 1.807) is 37.3 Å². The monoisotopic (exact) mass is 735 g/mol. The molecule has 2 aromatic rings. The van der Waals surface area contributed by atoms with Crippen LogP contribution in [0.3, 0.4) is 0 Å². The summed E-state index contributed by atoms with van der Waals surface area (Å²) >= 11 is 0. The van der Waals surface area contributed by atoms with E-state index in [0.29, 0.717) is 42.6 Å². The number of amides is 7. The second-order valence-electron chi connectivity index (χ2n) is 14.0. The maximum absolute atomic E-state index is 13.6. The highest BCUT2D eigenvalue weighted by atomic mass is 16.4. The molecule has 1 saturated heterocycles. The number of rotatable bonds is 18. The molecule has 1 heterocycles. The third kappa shape index (κ3) is 12.9. The number of hydrogen-bond donors (Lipinski definition) is 7. The number of nitrogens with one attached hydrogen (secondary N) is 5. The van der Waals surface area contributed by atoms with Gasteiger partial charge in [-0.05, 0) is 73.8 Å². The highest BCUT2D eigenvalue weighted by molar-refractivity contribution is 6.00. The number of aliphatic carboxylic acids is 1. The summed E-state index contributed by atoms with van der Waals surface area (Å²) in [5.74, 6) is -4.86. The largest absolute Gasteiger partial charge is 0.481 e. The number of primary amides is 1. The second-order valence-corrected chi connectivity index (χ2v) is 14.0. The van der Waals surface area contributed by atoms with Crippen molar-refractivity contribution in [1.29, 1.82) is 0 Å². The molecule has 1 unspecified atom stereocenters. The van der Waals surface area contributed by atoms with Crippen LogP contribution < -0.4 is 32.3 Å². The van der Waals surface area contributed by atoms with Crippen LogP contribution in [0.15, 0.2) is 48.5 Å². The topological polar surface area (TPSA) is 229 Å². The number of hydrogen-bond acceptors (Lipinski definition) is 7. The average Bonchev–Trinajstić information content (AvgIpc) is 3.60. The van der Waals surface area contributed by atoms with Crippen LogP contribution in [-0.4, -0.2) is 82.3 Å². The fraction of sp³-hybridized carbons (Fsp3) is 0.500. The average molecular weight is 736 g/mol. The Morgan fingerprint density at radius 1 is 0.868 bits per heavy atom. The molecule has 288 valence electrons. The van der Waals surface area contributed by atoms with Gasteiger partial charge < -0.3 is 42.3 Å². The molecule has 0 radical (unpaired) electrons. The number of urea groups is 1. The van der Waals surface area contributed by atoms with Crippen LogP contribution >= 0.6 is 0 Å². The predicted octanol–water partition coefficient (Wildman–Crippen LogP) is 3.07. The van der Waals surface area contributed by atoms with Crippen LogP contribution in [0.25, 0.3) is 0 Å². The molecule has 1 aliphatic rings. The molecule has 0 saturated carbocycles. The molecule has 0 aliphatic carbocycles. The molecule has 1 aliphatic heterocycles. The Balaban J connectivity index is 1.68. The Bertz CT molecular complexity index is 1630. The van der Waals surface area contributed by atoms with Gasteiger partial charge in [0.1, 0.15) is 24.2 Å². The van der Waals surface area contributed by atoms with Gasteiger partial charge in [-0.2, -0.15) is 0 Å². The first kappa shape index (κ1) is 41.9. The van der Waals surface area contributed by atoms with Crippen molar-refractivity contribution in [3.63, 3.8) is 0 Å². The van der Waals surface area contributed by atoms with Gasteiger partial charge in [-0.15, -0.1) is 0 Å². The van der Waals surface area contributed by atoms with Crippen LogP contribution in [0.5, 0.6) is 0 Å². The van der Waals surface area contributed by atoms with Gasteiger partial charge in [0.25, 0.3) is 0 Å². The minimum atomic E-state index is -1.56. The normalized spacial score (nSPS) is 16.1. The van der Waals surface area contributed by atoms with Crippen LogP contribution in [0.2, 0.25) is 0 Å². The number of likely N-dealkylation sites (tertiary alicyclic amines) is 1. The summed E-state index contributed by atoms with van der Waals surface area (Å²) in [5.41, 5.74) is 8.20. The lowest BCUT2D eigenvalue weighted by Crippen LogP contribution is -2.59. The van der Waals surface area contributed by atoms with Crippen molar-refractivity contribution in [2.24, 2.45) is 17.6 Å². The molecule has 15 heteroatoms. The number of anilines is 2. The number of benzene rings is 2. The molecular weight excluding hydrogens is 682 g/mol. The predicted molar refractivity (Wildman–Crippen MR) is 199 cm³/mol. The molecule has 15 nitrogen and oxygen atoms in total. The minimum absolute atomic E-state index is 0.0956. The van der Waals surface area contributed by atoms with Gasteiger partial charge in [-0.3, -0.25) is 28.8 Å². The molecule has 5 atom stereocenters. The van der Waals surface area contributed by atoms with Crippen LogP contribution in [-0.2, 0) is 35.2 Å². The third-order valence-corrected chi connectivity index (χ3v) is 9.31. The van der Waals surface area contributed by atoms with E-state index >= 15 is 0 Å². The number of carbonyl (C=O) groups excluding carboxylic acids is 6. The van der Waals surface area contributed by atoms with Gasteiger partial charge in [-0.1, -0.05) is 64.4 Å². The highest BCUT2D eigenvalue weighted by Gasteiger charge is 2.39. The fourth-order valence-electron chi connectivity index (χ4n) is 6.00. The molecule has 0 spiro atoms. The molecule has 0 bridgehead atoms. The number of para-hydroxylation sites is 1. The second kappa shape index (κ2) is 20.0. The zero-order valence-corrected chi connectivity index (χ0v) is 31.1. The Labute approximate surface area is 310 Å². The number of carboxylic acids is 1. The van der Waals surface area contributed by atoms with E-state index in [2.05, 4.69) is 26.6 Å². The molecule has 53 heavy (non-hydrogen) atoms. The minimum Gasteiger partial charge on any atom is -0.481 e. The maximum Gasteiger partial charge on any atom is 0.323 e. The van der Waals surface area contributed by atoms with E-state index < -0.39 is 72.1 Å². The fourth-order valence-corrected chi connectivity index (χ4v) is 6.00. The van der Waals surface area contributed by atoms with E-state index in [9.17, 15) is 38.7 Å². The quantitative estimate of drug-likeness (QED) is 0.120. The van der Waals surface area contributed by atoms with Gasteiger partial charge in [0.15, 0.2) is 0 Å². The molecule has 2 aromatic carbocycles. The Kier molecular flexibility index (Phi) is 15.8. The maximum atomic E-state index is 13.6. The zero-order valence-electron chi connectivity index (χ0n) is 31.1. The first-order valence-electron chi connectivity index (χ1n) is 18.0. The van der Waals surface area contributed by atoms with Gasteiger partial charge in [0.05, 0.1) is 12.8 Å².